The molecule has 1 aliphatic rings. The molecule has 0 saturated heterocycles. The lowest BCUT2D eigenvalue weighted by Crippen LogP contribution is -2.14. The second-order valence-corrected chi connectivity index (χ2v) is 12.0. The first-order valence-electron chi connectivity index (χ1n) is 15.2. The zero-order chi connectivity index (χ0) is 30.4. The summed E-state index contributed by atoms with van der Waals surface area (Å²) >= 11 is 0. The summed E-state index contributed by atoms with van der Waals surface area (Å²) in [5.74, 6) is 1.96. The van der Waals surface area contributed by atoms with Crippen LogP contribution in [0.25, 0.3) is 67.5 Å². The van der Waals surface area contributed by atoms with Crippen molar-refractivity contribution >= 4 is 0 Å². The highest BCUT2D eigenvalue weighted by Crippen LogP contribution is 2.48. The SMILES string of the molecule is CC1(C)c2c#cccc2-c2ccc(-c3cccc(-c4cccc(-c5nc(-c6ccccc6)nc(-c6ccccc6)n5)c4)c3)cc21. The van der Waals surface area contributed by atoms with Crippen molar-refractivity contribution in [1.29, 1.82) is 0 Å². The lowest BCUT2D eigenvalue weighted by Gasteiger charge is -2.20. The van der Waals surface area contributed by atoms with Gasteiger partial charge in [0.2, 0.25) is 0 Å². The van der Waals surface area contributed by atoms with Crippen LogP contribution >= 0.6 is 0 Å². The van der Waals surface area contributed by atoms with Crippen molar-refractivity contribution in [2.45, 2.75) is 19.3 Å². The van der Waals surface area contributed by atoms with Gasteiger partial charge in [-0.1, -0.05) is 135 Å². The summed E-state index contributed by atoms with van der Waals surface area (Å²) < 4.78 is 0. The third kappa shape index (κ3) is 4.78. The van der Waals surface area contributed by atoms with Gasteiger partial charge in [-0.25, -0.2) is 15.0 Å². The Morgan fingerprint density at radius 1 is 0.444 bits per heavy atom. The van der Waals surface area contributed by atoms with E-state index in [-0.39, 0.29) is 5.41 Å². The van der Waals surface area contributed by atoms with Crippen LogP contribution in [0.5, 0.6) is 0 Å². The first-order chi connectivity index (χ1) is 22.0. The minimum Gasteiger partial charge on any atom is -0.208 e. The van der Waals surface area contributed by atoms with Crippen molar-refractivity contribution in [3.8, 4) is 67.5 Å². The predicted octanol–water partition coefficient (Wildman–Crippen LogP) is 10.1. The average Bonchev–Trinajstić information content (AvgIpc) is 3.34. The average molecular weight is 576 g/mol. The molecule has 0 amide bonds. The molecule has 0 bridgehead atoms. The van der Waals surface area contributed by atoms with Crippen molar-refractivity contribution in [2.24, 2.45) is 0 Å². The number of nitrogens with zero attached hydrogens (tertiary/aromatic N) is 3. The van der Waals surface area contributed by atoms with Gasteiger partial charge in [-0.2, -0.15) is 0 Å². The monoisotopic (exact) mass is 575 g/mol. The van der Waals surface area contributed by atoms with Gasteiger partial charge in [-0.3, -0.25) is 0 Å². The molecule has 0 unspecified atom stereocenters. The fraction of sp³-hybridized carbons (Fsp3) is 0.0714. The molecule has 0 fully saturated rings. The summed E-state index contributed by atoms with van der Waals surface area (Å²) in [7, 11) is 0. The van der Waals surface area contributed by atoms with Gasteiger partial charge in [0.15, 0.2) is 17.5 Å². The van der Waals surface area contributed by atoms with Gasteiger partial charge in [0.05, 0.1) is 0 Å². The first-order valence-corrected chi connectivity index (χ1v) is 15.2. The Bertz CT molecular complexity index is 2130. The molecule has 1 heterocycles. The lowest BCUT2D eigenvalue weighted by atomic mass is 9.82. The van der Waals surface area contributed by atoms with E-state index in [2.05, 4.69) is 98.8 Å². The standard InChI is InChI=1S/C42H29N3/c1-42(2)37-22-10-9-21-35(37)36-24-23-33(27-38(36)42)31-18-11-17-30(25-31)32-19-12-20-34(26-32)41-44-39(28-13-5-3-6-14-28)43-40(45-41)29-15-7-4-8-16-29/h3-9,11-21,23-27H,1-2H3. The summed E-state index contributed by atoms with van der Waals surface area (Å²) in [6, 6.07) is 54.9. The van der Waals surface area contributed by atoms with E-state index in [0.717, 1.165) is 27.8 Å². The van der Waals surface area contributed by atoms with E-state index in [4.69, 9.17) is 15.0 Å². The number of benzene rings is 5. The summed E-state index contributed by atoms with van der Waals surface area (Å²) in [4.78, 5) is 14.7. The Morgan fingerprint density at radius 3 is 1.53 bits per heavy atom. The number of rotatable bonds is 5. The Labute approximate surface area is 264 Å². The fourth-order valence-electron chi connectivity index (χ4n) is 6.37. The highest BCUT2D eigenvalue weighted by Gasteiger charge is 2.35. The Morgan fingerprint density at radius 2 is 0.933 bits per heavy atom. The van der Waals surface area contributed by atoms with Gasteiger partial charge in [0.1, 0.15) is 0 Å². The van der Waals surface area contributed by atoms with Gasteiger partial charge in [-0.15, -0.1) is 0 Å². The highest BCUT2D eigenvalue weighted by atomic mass is 15.0. The van der Waals surface area contributed by atoms with Crippen LogP contribution < -0.4 is 0 Å². The molecule has 0 N–H and O–H groups in total. The van der Waals surface area contributed by atoms with E-state index in [9.17, 15) is 0 Å². The highest BCUT2D eigenvalue weighted by molar-refractivity contribution is 5.84. The third-order valence-corrected chi connectivity index (χ3v) is 8.76. The molecular formula is C42H29N3. The number of aromatic nitrogens is 3. The predicted molar refractivity (Wildman–Crippen MR) is 182 cm³/mol. The number of hydrogen-bond acceptors (Lipinski definition) is 3. The maximum absolute atomic E-state index is 4.94. The first kappa shape index (κ1) is 26.8. The Balaban J connectivity index is 1.18. The minimum absolute atomic E-state index is 0.119. The van der Waals surface area contributed by atoms with Crippen molar-refractivity contribution in [2.75, 3.05) is 0 Å². The summed E-state index contributed by atoms with van der Waals surface area (Å²) in [6.45, 7) is 4.56. The second-order valence-electron chi connectivity index (χ2n) is 12.0. The van der Waals surface area contributed by atoms with Crippen LogP contribution in [0.1, 0.15) is 25.0 Å². The molecule has 0 radical (unpaired) electrons. The minimum atomic E-state index is -0.119. The molecule has 1 aliphatic carbocycles. The number of hydrogen-bond donors (Lipinski definition) is 0. The van der Waals surface area contributed by atoms with Gasteiger partial charge in [-0.05, 0) is 69.3 Å². The quantitative estimate of drug-likeness (QED) is 0.205. The van der Waals surface area contributed by atoms with Crippen molar-refractivity contribution in [1.82, 2.24) is 15.0 Å². The molecule has 0 aliphatic heterocycles. The summed E-state index contributed by atoms with van der Waals surface area (Å²) in [5, 5.41) is 0. The molecule has 3 heteroatoms. The molecule has 8 rings (SSSR count). The molecule has 45 heavy (non-hydrogen) atoms. The molecule has 6 aromatic carbocycles. The normalized spacial score (nSPS) is 12.7. The van der Waals surface area contributed by atoms with Gasteiger partial charge in [0, 0.05) is 27.7 Å². The van der Waals surface area contributed by atoms with Gasteiger partial charge in [0.25, 0.3) is 0 Å². The van der Waals surface area contributed by atoms with Crippen LogP contribution in [0, 0.1) is 12.1 Å². The lowest BCUT2D eigenvalue weighted by molar-refractivity contribution is 0.661. The molecule has 0 saturated carbocycles. The fourth-order valence-corrected chi connectivity index (χ4v) is 6.37. The molecule has 0 atom stereocenters. The Hall–Kier alpha value is -5.85. The van der Waals surface area contributed by atoms with E-state index in [1.54, 1.807) is 0 Å². The van der Waals surface area contributed by atoms with Crippen molar-refractivity contribution in [3.05, 3.63) is 163 Å². The maximum atomic E-state index is 4.94. The van der Waals surface area contributed by atoms with Crippen LogP contribution in [0.3, 0.4) is 0 Å². The van der Waals surface area contributed by atoms with E-state index in [0.29, 0.717) is 17.5 Å². The maximum Gasteiger partial charge on any atom is 0.164 e. The van der Waals surface area contributed by atoms with E-state index < -0.39 is 0 Å². The second kappa shape index (κ2) is 10.7. The third-order valence-electron chi connectivity index (χ3n) is 8.76. The van der Waals surface area contributed by atoms with E-state index in [1.807, 2.05) is 66.7 Å². The largest absolute Gasteiger partial charge is 0.208 e. The zero-order valence-electron chi connectivity index (χ0n) is 25.1. The van der Waals surface area contributed by atoms with E-state index in [1.165, 1.54) is 33.4 Å². The van der Waals surface area contributed by atoms with Crippen LogP contribution in [0.15, 0.2) is 140 Å². The Kier molecular flexibility index (Phi) is 6.36. The van der Waals surface area contributed by atoms with Crippen LogP contribution in [0.4, 0.5) is 0 Å². The van der Waals surface area contributed by atoms with Crippen molar-refractivity contribution < 1.29 is 0 Å². The molecule has 7 aromatic rings. The van der Waals surface area contributed by atoms with Gasteiger partial charge >= 0.3 is 0 Å². The smallest absolute Gasteiger partial charge is 0.164 e. The molecule has 0 spiro atoms. The van der Waals surface area contributed by atoms with Crippen molar-refractivity contribution in [3.63, 3.8) is 0 Å². The molecule has 1 aromatic heterocycles. The molecular weight excluding hydrogens is 546 g/mol. The van der Waals surface area contributed by atoms with Crippen LogP contribution in [0.2, 0.25) is 0 Å². The zero-order valence-corrected chi connectivity index (χ0v) is 25.1. The molecule has 3 nitrogen and oxygen atoms in total. The van der Waals surface area contributed by atoms with E-state index >= 15 is 0 Å². The summed E-state index contributed by atoms with van der Waals surface area (Å²) in [5.41, 5.74) is 12.5. The number of fused-ring (bicyclic) bond motifs is 3. The topological polar surface area (TPSA) is 38.7 Å². The van der Waals surface area contributed by atoms with Crippen LogP contribution in [-0.2, 0) is 5.41 Å². The van der Waals surface area contributed by atoms with Crippen LogP contribution in [-0.4, -0.2) is 15.0 Å². The molecule has 212 valence electrons. The van der Waals surface area contributed by atoms with Gasteiger partial charge < -0.3 is 0 Å². The summed E-state index contributed by atoms with van der Waals surface area (Å²) in [6.07, 6.45) is 0.